The number of benzene rings is 10. The van der Waals surface area contributed by atoms with Crippen molar-refractivity contribution in [2.75, 3.05) is 0 Å². The minimum Gasteiger partial charge on any atom is -0.456 e. The van der Waals surface area contributed by atoms with Crippen LogP contribution in [0, 0.1) is 0 Å². The highest BCUT2D eigenvalue weighted by Crippen LogP contribution is 2.48. The van der Waals surface area contributed by atoms with E-state index < -0.39 is 0 Å². The lowest BCUT2D eigenvalue weighted by Gasteiger charge is -2.17. The van der Waals surface area contributed by atoms with Gasteiger partial charge in [0.25, 0.3) is 0 Å². The summed E-state index contributed by atoms with van der Waals surface area (Å²) in [6.45, 7) is 0. The number of fused-ring (bicyclic) bond motifs is 9. The van der Waals surface area contributed by atoms with Crippen LogP contribution in [0.25, 0.3) is 121 Å². The third-order valence-corrected chi connectivity index (χ3v) is 12.3. The lowest BCUT2D eigenvalue weighted by molar-refractivity contribution is 0.669. The molecule has 0 aliphatic rings. The third-order valence-electron chi connectivity index (χ3n) is 12.3. The molecule has 0 saturated carbocycles. The topological polar surface area (TPSA) is 23.0 Å². The van der Waals surface area contributed by atoms with Gasteiger partial charge in [-0.2, -0.15) is 0 Å². The molecule has 0 spiro atoms. The van der Waals surface area contributed by atoms with Gasteiger partial charge in [0.15, 0.2) is 0 Å². The van der Waals surface area contributed by atoms with Gasteiger partial charge in [-0.05, 0) is 106 Å². The summed E-state index contributed by atoms with van der Waals surface area (Å²) in [6, 6.07) is 70.7. The molecule has 0 bridgehead atoms. The molecule has 0 fully saturated rings. The lowest BCUT2D eigenvalue weighted by Crippen LogP contribution is -1.97. The van der Waals surface area contributed by atoms with Crippen molar-refractivity contribution in [3.05, 3.63) is 194 Å². The summed E-state index contributed by atoms with van der Waals surface area (Å²) in [4.78, 5) is 0. The van der Waals surface area contributed by atoms with Crippen molar-refractivity contribution in [1.82, 2.24) is 9.13 Å². The van der Waals surface area contributed by atoms with Gasteiger partial charge in [0.05, 0.1) is 27.8 Å². The van der Waals surface area contributed by atoms with Crippen LogP contribution < -0.4 is 0 Å². The lowest BCUT2D eigenvalue weighted by atomic mass is 9.89. The van der Waals surface area contributed by atoms with E-state index in [4.69, 9.17) is 4.42 Å². The van der Waals surface area contributed by atoms with Crippen LogP contribution in [0.15, 0.2) is 199 Å². The van der Waals surface area contributed by atoms with Gasteiger partial charge in [-0.25, -0.2) is 0 Å². The number of hydrogen-bond donors (Lipinski definition) is 0. The van der Waals surface area contributed by atoms with Gasteiger partial charge < -0.3 is 13.6 Å². The van der Waals surface area contributed by atoms with Crippen molar-refractivity contribution < 1.29 is 4.42 Å². The molecule has 0 aliphatic heterocycles. The average molecular weight is 725 g/mol. The van der Waals surface area contributed by atoms with Crippen molar-refractivity contribution in [2.45, 2.75) is 0 Å². The fourth-order valence-electron chi connectivity index (χ4n) is 9.89. The summed E-state index contributed by atoms with van der Waals surface area (Å²) in [6.07, 6.45) is 0. The summed E-state index contributed by atoms with van der Waals surface area (Å²) in [5, 5.41) is 12.3. The maximum atomic E-state index is 6.50. The molecule has 3 heteroatoms. The van der Waals surface area contributed by atoms with Crippen molar-refractivity contribution in [2.24, 2.45) is 0 Å². The maximum absolute atomic E-state index is 6.50. The second-order valence-corrected chi connectivity index (χ2v) is 15.2. The predicted molar refractivity (Wildman–Crippen MR) is 239 cm³/mol. The quantitative estimate of drug-likeness (QED) is 0.166. The molecule has 3 heterocycles. The SMILES string of the molecule is c1ccc(-n2c3ccccc3c3cc(-c4ccc5c(c4)c4ccccc4n5-c4ccccc4-c4ccc5oc6cccc7c8ccccc8c4c5c67)ccc32)cc1. The molecule has 0 atom stereocenters. The zero-order valence-corrected chi connectivity index (χ0v) is 30.8. The largest absolute Gasteiger partial charge is 0.456 e. The Labute approximate surface area is 327 Å². The molecule has 3 aromatic heterocycles. The van der Waals surface area contributed by atoms with Crippen LogP contribution in [0.4, 0.5) is 0 Å². The van der Waals surface area contributed by atoms with Crippen LogP contribution in [-0.2, 0) is 0 Å². The van der Waals surface area contributed by atoms with Gasteiger partial charge in [-0.15, -0.1) is 0 Å². The summed E-state index contributed by atoms with van der Waals surface area (Å²) in [5.41, 5.74) is 13.8. The Balaban J connectivity index is 1.04. The molecular formula is C54H32N2O. The first kappa shape index (κ1) is 30.7. The minimum atomic E-state index is 0.926. The van der Waals surface area contributed by atoms with E-state index in [9.17, 15) is 0 Å². The Morgan fingerprint density at radius 1 is 0.298 bits per heavy atom. The zero-order chi connectivity index (χ0) is 37.2. The van der Waals surface area contributed by atoms with Crippen LogP contribution in [-0.4, -0.2) is 9.13 Å². The molecule has 13 rings (SSSR count). The van der Waals surface area contributed by atoms with Crippen molar-refractivity contribution in [3.8, 4) is 33.6 Å². The highest BCUT2D eigenvalue weighted by atomic mass is 16.3. The van der Waals surface area contributed by atoms with E-state index in [-0.39, 0.29) is 0 Å². The smallest absolute Gasteiger partial charge is 0.136 e. The van der Waals surface area contributed by atoms with E-state index in [0.29, 0.717) is 0 Å². The number of rotatable bonds is 4. The van der Waals surface area contributed by atoms with Crippen LogP contribution >= 0.6 is 0 Å². The molecule has 0 amide bonds. The highest BCUT2D eigenvalue weighted by molar-refractivity contribution is 6.35. The molecular weight excluding hydrogens is 693 g/mol. The summed E-state index contributed by atoms with van der Waals surface area (Å²) in [5.74, 6) is 0. The summed E-state index contributed by atoms with van der Waals surface area (Å²) >= 11 is 0. The van der Waals surface area contributed by atoms with Gasteiger partial charge in [0.2, 0.25) is 0 Å². The zero-order valence-electron chi connectivity index (χ0n) is 30.8. The third kappa shape index (κ3) is 4.20. The van der Waals surface area contributed by atoms with Gasteiger partial charge in [0.1, 0.15) is 11.2 Å². The molecule has 0 radical (unpaired) electrons. The first-order valence-electron chi connectivity index (χ1n) is 19.6. The first-order valence-corrected chi connectivity index (χ1v) is 19.6. The van der Waals surface area contributed by atoms with Crippen LogP contribution in [0.5, 0.6) is 0 Å². The van der Waals surface area contributed by atoms with E-state index in [0.717, 1.165) is 16.9 Å². The monoisotopic (exact) mass is 724 g/mol. The minimum absolute atomic E-state index is 0.926. The normalized spacial score (nSPS) is 12.2. The van der Waals surface area contributed by atoms with Crippen molar-refractivity contribution in [1.29, 1.82) is 0 Å². The highest BCUT2D eigenvalue weighted by Gasteiger charge is 2.23. The van der Waals surface area contributed by atoms with Gasteiger partial charge in [-0.3, -0.25) is 0 Å². The van der Waals surface area contributed by atoms with E-state index in [1.165, 1.54) is 104 Å². The molecule has 0 aliphatic carbocycles. The van der Waals surface area contributed by atoms with Gasteiger partial charge >= 0.3 is 0 Å². The van der Waals surface area contributed by atoms with Crippen molar-refractivity contribution in [3.63, 3.8) is 0 Å². The van der Waals surface area contributed by atoms with E-state index in [1.807, 2.05) is 0 Å². The molecule has 0 N–H and O–H groups in total. The molecule has 13 aromatic rings. The average Bonchev–Trinajstić information content (AvgIpc) is 3.94. The number of hydrogen-bond acceptors (Lipinski definition) is 1. The van der Waals surface area contributed by atoms with E-state index in [1.54, 1.807) is 0 Å². The maximum Gasteiger partial charge on any atom is 0.136 e. The first-order chi connectivity index (χ1) is 28.3. The Bertz CT molecular complexity index is 3750. The van der Waals surface area contributed by atoms with Gasteiger partial charge in [-0.1, -0.05) is 121 Å². The Morgan fingerprint density at radius 3 is 1.60 bits per heavy atom. The number of furan rings is 1. The molecule has 57 heavy (non-hydrogen) atoms. The molecule has 264 valence electrons. The Kier molecular flexibility index (Phi) is 6.16. The van der Waals surface area contributed by atoms with Crippen molar-refractivity contribution >= 4 is 87.1 Å². The molecule has 3 nitrogen and oxygen atoms in total. The molecule has 0 unspecified atom stereocenters. The fraction of sp³-hybridized carbons (Fsp3) is 0. The Hall–Kier alpha value is -7.62. The predicted octanol–water partition coefficient (Wildman–Crippen LogP) is 14.9. The fourth-order valence-corrected chi connectivity index (χ4v) is 9.89. The van der Waals surface area contributed by atoms with Gasteiger partial charge in [0, 0.05) is 49.0 Å². The number of aromatic nitrogens is 2. The second-order valence-electron chi connectivity index (χ2n) is 15.2. The molecule has 0 saturated heterocycles. The Morgan fingerprint density at radius 2 is 0.842 bits per heavy atom. The van der Waals surface area contributed by atoms with E-state index >= 15 is 0 Å². The standard InChI is InChI=1S/C54H32N2O/c1-2-13-35(14-3-1)55-45-21-9-7-17-38(45)43-31-33(25-28-48(43)55)34-26-29-49-44(32-34)39-18-8-11-23-47(39)56(49)46-22-10-6-16-37(46)42-27-30-51-54-52(42)40-19-5-4-15-36(40)41-20-12-24-50(57-51)53(41)54/h1-32H. The van der Waals surface area contributed by atoms with Crippen LogP contribution in [0.2, 0.25) is 0 Å². The van der Waals surface area contributed by atoms with Crippen LogP contribution in [0.3, 0.4) is 0 Å². The van der Waals surface area contributed by atoms with E-state index in [2.05, 4.69) is 203 Å². The summed E-state index contributed by atoms with van der Waals surface area (Å²) < 4.78 is 11.3. The summed E-state index contributed by atoms with van der Waals surface area (Å²) in [7, 11) is 0. The molecule has 10 aromatic carbocycles. The number of para-hydroxylation sites is 4. The number of nitrogens with zero attached hydrogens (tertiary/aromatic N) is 2. The second kappa shape index (κ2) is 11.5. The van der Waals surface area contributed by atoms with Crippen LogP contribution in [0.1, 0.15) is 0 Å².